The Morgan fingerprint density at radius 3 is 2.70 bits per heavy atom. The summed E-state index contributed by atoms with van der Waals surface area (Å²) in [5.41, 5.74) is 13.2. The standard InChI is InChI=1S/C47H51N3O6/c1-2-3-18-47(20-14-35(52)29-47)19-13-34(51)10-7-30-9-12-43(54)45(25-30)56-23-17-31-8-11-42(53)40(24-31)39-28-44(55)36-16-22-49-41(36)6-4-5-32-27-38-33(26-37(32)39)15-21-50-46(38)48/h8-9,11-13,15-16,19,21-22,24-27,35,39,46,50,52-55H,2-3,6-7,10,14,17-18,20,23,28-29,48H2,1H3/p-1. The molecule has 1 fully saturated rings. The SMILES string of the molecule is CCCCC1(C=CC(=O)CCc2ccc(O)c(OCCc3ccc(O)c(C4CC([O-])=C5C=CN=C5CC#Cc5cc6c(cc54)C=CNC6N)c3)c2)CCC(O)C1. The Morgan fingerprint density at radius 1 is 1.07 bits per heavy atom. The fourth-order valence-electron chi connectivity index (χ4n) is 8.35. The third-order valence-corrected chi connectivity index (χ3v) is 11.5. The monoisotopic (exact) mass is 752 g/mol. The van der Waals surface area contributed by atoms with E-state index < -0.39 is 12.1 Å². The fourth-order valence-corrected chi connectivity index (χ4v) is 8.35. The van der Waals surface area contributed by atoms with E-state index in [4.69, 9.17) is 10.5 Å². The number of unbranched alkanes of at least 4 members (excludes halogenated alkanes) is 1. The first-order chi connectivity index (χ1) is 27.1. The lowest BCUT2D eigenvalue weighted by molar-refractivity contribution is -0.307. The third-order valence-electron chi connectivity index (χ3n) is 11.5. The minimum Gasteiger partial charge on any atom is -0.875 e. The summed E-state index contributed by atoms with van der Waals surface area (Å²) >= 11 is 0. The summed E-state index contributed by atoms with van der Waals surface area (Å²) in [6.07, 6.45) is 17.5. The van der Waals surface area contributed by atoms with Crippen molar-refractivity contribution in [1.82, 2.24) is 5.32 Å². The van der Waals surface area contributed by atoms with Crippen LogP contribution in [0.5, 0.6) is 17.2 Å². The number of nitrogens with two attached hydrogens (primary N) is 1. The number of aliphatic imine (C=N–C) groups is 1. The number of aryl methyl sites for hydroxylation is 1. The van der Waals surface area contributed by atoms with E-state index >= 15 is 0 Å². The van der Waals surface area contributed by atoms with Crippen LogP contribution >= 0.6 is 0 Å². The Balaban J connectivity index is 1.06. The molecular formula is C47H50N3O6-. The van der Waals surface area contributed by atoms with E-state index in [0.29, 0.717) is 54.7 Å². The Bertz CT molecular complexity index is 2200. The van der Waals surface area contributed by atoms with E-state index in [2.05, 4.69) is 29.1 Å². The predicted octanol–water partition coefficient (Wildman–Crippen LogP) is 6.89. The highest BCUT2D eigenvalue weighted by atomic mass is 16.5. The molecule has 3 aromatic rings. The number of phenols is 2. The van der Waals surface area contributed by atoms with Crippen molar-refractivity contribution in [3.8, 4) is 29.1 Å². The number of aliphatic hydroxyl groups excluding tert-OH is 1. The molecule has 4 aliphatic rings. The van der Waals surface area contributed by atoms with Gasteiger partial charge in [0, 0.05) is 36.1 Å². The Morgan fingerprint density at radius 2 is 1.89 bits per heavy atom. The molecule has 0 amide bonds. The number of carbonyl (C=O) groups excluding carboxylic acids is 1. The topological polar surface area (TPSA) is 160 Å². The maximum atomic E-state index is 13.8. The molecule has 9 nitrogen and oxygen atoms in total. The van der Waals surface area contributed by atoms with Gasteiger partial charge in [-0.25, -0.2) is 0 Å². The van der Waals surface area contributed by atoms with Gasteiger partial charge in [-0.15, -0.1) is 5.76 Å². The van der Waals surface area contributed by atoms with Gasteiger partial charge in [-0.05, 0) is 132 Å². The predicted molar refractivity (Wildman–Crippen MR) is 217 cm³/mol. The third kappa shape index (κ3) is 8.78. The molecule has 4 unspecified atom stereocenters. The number of aliphatic hydroxyl groups is 1. The summed E-state index contributed by atoms with van der Waals surface area (Å²) in [6, 6.07) is 14.6. The first-order valence-corrected chi connectivity index (χ1v) is 19.8. The molecule has 0 radical (unpaired) electrons. The number of benzene rings is 3. The molecule has 4 atom stereocenters. The molecule has 2 heterocycles. The summed E-state index contributed by atoms with van der Waals surface area (Å²) < 4.78 is 6.08. The molecule has 1 saturated carbocycles. The van der Waals surface area contributed by atoms with Gasteiger partial charge in [-0.2, -0.15) is 0 Å². The molecular weight excluding hydrogens is 703 g/mol. The molecule has 3 aromatic carbocycles. The maximum Gasteiger partial charge on any atom is 0.161 e. The molecule has 2 aliphatic carbocycles. The maximum absolute atomic E-state index is 13.8. The molecule has 0 bridgehead atoms. The number of nitrogens with zero attached hydrogens (tertiary/aromatic N) is 1. The van der Waals surface area contributed by atoms with Crippen molar-refractivity contribution < 1.29 is 30.0 Å². The normalized spacial score (nSPS) is 22.5. The van der Waals surface area contributed by atoms with E-state index in [9.17, 15) is 25.2 Å². The van der Waals surface area contributed by atoms with E-state index in [-0.39, 0.29) is 47.6 Å². The summed E-state index contributed by atoms with van der Waals surface area (Å²) in [4.78, 5) is 17.3. The van der Waals surface area contributed by atoms with Crippen molar-refractivity contribution >= 4 is 17.6 Å². The Labute approximate surface area is 329 Å². The second-order valence-corrected chi connectivity index (χ2v) is 15.5. The summed E-state index contributed by atoms with van der Waals surface area (Å²) in [6.45, 7) is 2.40. The highest BCUT2D eigenvalue weighted by Gasteiger charge is 2.35. The van der Waals surface area contributed by atoms with Crippen LogP contribution in [0.3, 0.4) is 0 Å². The number of hydrogen-bond acceptors (Lipinski definition) is 9. The van der Waals surface area contributed by atoms with Crippen LogP contribution in [-0.2, 0) is 17.6 Å². The smallest absolute Gasteiger partial charge is 0.161 e. The quantitative estimate of drug-likeness (QED) is 0.0933. The fraction of sp³-hybridized carbons (Fsp3) is 0.362. The van der Waals surface area contributed by atoms with Crippen molar-refractivity contribution in [1.29, 1.82) is 0 Å². The zero-order valence-corrected chi connectivity index (χ0v) is 31.9. The lowest BCUT2D eigenvalue weighted by Crippen LogP contribution is -2.27. The van der Waals surface area contributed by atoms with Crippen molar-refractivity contribution in [2.24, 2.45) is 16.1 Å². The van der Waals surface area contributed by atoms with E-state index in [1.54, 1.807) is 42.6 Å². The van der Waals surface area contributed by atoms with Crippen LogP contribution in [0.1, 0.15) is 116 Å². The number of fused-ring (bicyclic) bond motifs is 3. The Hall–Kier alpha value is -5.56. The first kappa shape index (κ1) is 38.7. The van der Waals surface area contributed by atoms with E-state index in [0.717, 1.165) is 65.5 Å². The van der Waals surface area contributed by atoms with Crippen LogP contribution in [0.15, 0.2) is 95.5 Å². The van der Waals surface area contributed by atoms with Gasteiger partial charge in [-0.1, -0.05) is 55.9 Å². The average Bonchev–Trinajstić information content (AvgIpc) is 3.82. The first-order valence-electron chi connectivity index (χ1n) is 19.8. The van der Waals surface area contributed by atoms with Gasteiger partial charge < -0.3 is 36.2 Å². The average molecular weight is 753 g/mol. The molecule has 56 heavy (non-hydrogen) atoms. The molecule has 9 heteroatoms. The summed E-state index contributed by atoms with van der Waals surface area (Å²) in [5.74, 6) is 6.40. The van der Waals surface area contributed by atoms with Gasteiger partial charge >= 0.3 is 0 Å². The number of ketones is 1. The minimum absolute atomic E-state index is 0.00966. The van der Waals surface area contributed by atoms with Crippen LogP contribution in [0.25, 0.3) is 6.08 Å². The molecule has 7 rings (SSSR count). The lowest BCUT2D eigenvalue weighted by Gasteiger charge is -2.29. The summed E-state index contributed by atoms with van der Waals surface area (Å²) in [7, 11) is 0. The molecule has 290 valence electrons. The number of hydrogen-bond donors (Lipinski definition) is 5. The summed E-state index contributed by atoms with van der Waals surface area (Å²) in [5, 5.41) is 49.1. The van der Waals surface area contributed by atoms with Crippen molar-refractivity contribution in [3.63, 3.8) is 0 Å². The largest absolute Gasteiger partial charge is 0.875 e. The zero-order chi connectivity index (χ0) is 39.2. The number of aromatic hydroxyl groups is 2. The van der Waals surface area contributed by atoms with Crippen molar-refractivity contribution in [3.05, 3.63) is 129 Å². The van der Waals surface area contributed by atoms with Gasteiger partial charge in [0.15, 0.2) is 17.3 Å². The minimum atomic E-state index is -0.511. The van der Waals surface area contributed by atoms with Gasteiger partial charge in [0.2, 0.25) is 0 Å². The van der Waals surface area contributed by atoms with E-state index in [1.807, 2.05) is 42.6 Å². The number of nitrogens with one attached hydrogen (secondary N) is 1. The van der Waals surface area contributed by atoms with E-state index in [1.165, 1.54) is 0 Å². The van der Waals surface area contributed by atoms with Crippen LogP contribution < -0.4 is 20.9 Å². The highest BCUT2D eigenvalue weighted by Crippen LogP contribution is 2.44. The van der Waals surface area contributed by atoms with Crippen LogP contribution in [0.4, 0.5) is 0 Å². The van der Waals surface area contributed by atoms with Crippen molar-refractivity contribution in [2.45, 2.75) is 95.7 Å². The van der Waals surface area contributed by atoms with Gasteiger partial charge in [0.05, 0.1) is 24.8 Å². The lowest BCUT2D eigenvalue weighted by atomic mass is 9.80. The second kappa shape index (κ2) is 17.1. The number of rotatable bonds is 13. The molecule has 0 saturated heterocycles. The van der Waals surface area contributed by atoms with Crippen LogP contribution in [0, 0.1) is 17.3 Å². The van der Waals surface area contributed by atoms with Crippen LogP contribution in [-0.4, -0.2) is 39.5 Å². The highest BCUT2D eigenvalue weighted by molar-refractivity contribution is 6.06. The Kier molecular flexibility index (Phi) is 11.8. The molecule has 2 aliphatic heterocycles. The molecule has 0 aromatic heterocycles. The number of ether oxygens (including phenoxy) is 1. The number of allylic oxidation sites excluding steroid dienone is 5. The number of carbonyl (C=O) groups is 1. The molecule has 6 N–H and O–H groups in total. The van der Waals surface area contributed by atoms with Gasteiger partial charge in [0.25, 0.3) is 0 Å². The van der Waals surface area contributed by atoms with Crippen molar-refractivity contribution in [2.75, 3.05) is 6.61 Å². The number of phenolic OH excluding ortho intramolecular Hbond substituents is 2. The second-order valence-electron chi connectivity index (χ2n) is 15.5. The van der Waals surface area contributed by atoms with Crippen LogP contribution in [0.2, 0.25) is 0 Å². The van der Waals surface area contributed by atoms with Gasteiger partial charge in [0.1, 0.15) is 11.9 Å². The molecule has 0 spiro atoms. The van der Waals surface area contributed by atoms with Gasteiger partial charge in [-0.3, -0.25) is 9.79 Å². The zero-order valence-electron chi connectivity index (χ0n) is 31.9.